The number of carbonyl (C=O) groups is 2. The fourth-order valence-electron chi connectivity index (χ4n) is 5.56. The van der Waals surface area contributed by atoms with Gasteiger partial charge in [-0.1, -0.05) is 91.0 Å². The molecule has 1 unspecified atom stereocenters. The van der Waals surface area contributed by atoms with Crippen molar-refractivity contribution in [2.75, 3.05) is 22.9 Å². The molecule has 0 aliphatic carbocycles. The lowest BCUT2D eigenvalue weighted by Gasteiger charge is -2.31. The van der Waals surface area contributed by atoms with E-state index in [1.165, 1.54) is 5.56 Å². The van der Waals surface area contributed by atoms with Gasteiger partial charge in [-0.3, -0.25) is 9.59 Å². The zero-order valence-corrected chi connectivity index (χ0v) is 20.8. The van der Waals surface area contributed by atoms with Gasteiger partial charge >= 0.3 is 0 Å². The number of nitrogens with zero attached hydrogens (tertiary/aromatic N) is 2. The molecule has 0 saturated heterocycles. The van der Waals surface area contributed by atoms with Crippen molar-refractivity contribution in [3.05, 3.63) is 137 Å². The standard InChI is InChI=1S/C33H28N2O2/c1-23-11-5-7-15-26(23)32(36)22-35-30-18-10-8-16-27(30)28(24-12-3-2-4-13-24)21-31(33(35)37)34-20-19-25-14-6-9-17-29(25)34/h2-18,21,31H,19-20,22H2,1H3. The molecule has 0 spiro atoms. The maximum Gasteiger partial charge on any atom is 0.254 e. The Bertz CT molecular complexity index is 1520. The van der Waals surface area contributed by atoms with Crippen LogP contribution in [0.2, 0.25) is 0 Å². The number of para-hydroxylation sites is 2. The molecule has 4 nitrogen and oxygen atoms in total. The third kappa shape index (κ3) is 4.15. The van der Waals surface area contributed by atoms with Gasteiger partial charge in [0.15, 0.2) is 5.78 Å². The van der Waals surface area contributed by atoms with Crippen LogP contribution < -0.4 is 9.80 Å². The molecule has 4 aromatic rings. The Morgan fingerprint density at radius 2 is 1.49 bits per heavy atom. The van der Waals surface area contributed by atoms with Crippen LogP contribution in [0.4, 0.5) is 11.4 Å². The Kier molecular flexibility index (Phi) is 5.93. The number of benzene rings is 4. The van der Waals surface area contributed by atoms with Crippen molar-refractivity contribution in [1.82, 2.24) is 0 Å². The third-order valence-corrected chi connectivity index (χ3v) is 7.42. The third-order valence-electron chi connectivity index (χ3n) is 7.42. The summed E-state index contributed by atoms with van der Waals surface area (Å²) in [4.78, 5) is 31.9. The highest BCUT2D eigenvalue weighted by atomic mass is 16.2. The van der Waals surface area contributed by atoms with E-state index in [0.717, 1.165) is 46.6 Å². The maximum absolute atomic E-state index is 14.4. The first kappa shape index (κ1) is 23.0. The van der Waals surface area contributed by atoms with E-state index in [1.807, 2.05) is 85.8 Å². The minimum atomic E-state index is -0.532. The normalized spacial score (nSPS) is 16.6. The van der Waals surface area contributed by atoms with Crippen LogP contribution in [0.15, 0.2) is 109 Å². The first-order valence-corrected chi connectivity index (χ1v) is 12.7. The van der Waals surface area contributed by atoms with Gasteiger partial charge in [-0.25, -0.2) is 0 Å². The highest BCUT2D eigenvalue weighted by Crippen LogP contribution is 2.39. The molecule has 6 rings (SSSR count). The number of hydrogen-bond donors (Lipinski definition) is 0. The number of anilines is 2. The van der Waals surface area contributed by atoms with Crippen LogP contribution in [0, 0.1) is 6.92 Å². The molecule has 0 radical (unpaired) electrons. The summed E-state index contributed by atoms with van der Waals surface area (Å²) in [5.41, 5.74) is 7.66. The average Bonchev–Trinajstić information content (AvgIpc) is 3.32. The molecule has 0 fully saturated rings. The minimum absolute atomic E-state index is 0.0113. The summed E-state index contributed by atoms with van der Waals surface area (Å²) in [6, 6.07) is 33.5. The van der Waals surface area contributed by atoms with Crippen molar-refractivity contribution in [3.63, 3.8) is 0 Å². The number of aryl methyl sites for hydroxylation is 1. The van der Waals surface area contributed by atoms with E-state index in [4.69, 9.17) is 0 Å². The molecule has 0 N–H and O–H groups in total. The molecule has 2 heterocycles. The Balaban J connectivity index is 1.50. The van der Waals surface area contributed by atoms with Gasteiger partial charge < -0.3 is 9.80 Å². The van der Waals surface area contributed by atoms with Crippen LogP contribution in [0.25, 0.3) is 5.57 Å². The van der Waals surface area contributed by atoms with E-state index >= 15 is 0 Å². The molecule has 2 aliphatic heterocycles. The van der Waals surface area contributed by atoms with Crippen molar-refractivity contribution >= 4 is 28.6 Å². The Labute approximate surface area is 217 Å². The molecule has 0 aromatic heterocycles. The Hall–Kier alpha value is -4.44. The molecule has 0 saturated carbocycles. The van der Waals surface area contributed by atoms with Crippen molar-refractivity contribution < 1.29 is 9.59 Å². The second-order valence-corrected chi connectivity index (χ2v) is 9.64. The number of ketones is 1. The summed E-state index contributed by atoms with van der Waals surface area (Å²) in [6.45, 7) is 2.68. The van der Waals surface area contributed by atoms with Crippen molar-refractivity contribution in [2.24, 2.45) is 0 Å². The van der Waals surface area contributed by atoms with Gasteiger partial charge in [-0.2, -0.15) is 0 Å². The lowest BCUT2D eigenvalue weighted by Crippen LogP contribution is -2.48. The minimum Gasteiger partial charge on any atom is -0.356 e. The smallest absolute Gasteiger partial charge is 0.254 e. The highest BCUT2D eigenvalue weighted by Gasteiger charge is 2.37. The van der Waals surface area contributed by atoms with Crippen LogP contribution in [0.1, 0.15) is 32.6 Å². The predicted octanol–water partition coefficient (Wildman–Crippen LogP) is 6.09. The molecular weight excluding hydrogens is 456 g/mol. The van der Waals surface area contributed by atoms with Gasteiger partial charge in [0.05, 0.1) is 12.2 Å². The summed E-state index contributed by atoms with van der Waals surface area (Å²) < 4.78 is 0. The van der Waals surface area contributed by atoms with Crippen LogP contribution in [-0.2, 0) is 11.2 Å². The fraction of sp³-hybridized carbons (Fsp3) is 0.152. The second-order valence-electron chi connectivity index (χ2n) is 9.64. The molecular formula is C33H28N2O2. The topological polar surface area (TPSA) is 40.6 Å². The summed E-state index contributed by atoms with van der Waals surface area (Å²) in [7, 11) is 0. The quantitative estimate of drug-likeness (QED) is 0.322. The van der Waals surface area contributed by atoms with Gasteiger partial charge in [0.1, 0.15) is 6.04 Å². The number of fused-ring (bicyclic) bond motifs is 2. The van der Waals surface area contributed by atoms with Gasteiger partial charge in [0.2, 0.25) is 0 Å². The lowest BCUT2D eigenvalue weighted by molar-refractivity contribution is -0.118. The number of Topliss-reactive ketones (excluding diaryl/α,β-unsaturated/α-hetero) is 1. The zero-order chi connectivity index (χ0) is 25.4. The number of amides is 1. The molecule has 37 heavy (non-hydrogen) atoms. The molecule has 4 aromatic carbocycles. The van der Waals surface area contributed by atoms with Crippen LogP contribution in [0.5, 0.6) is 0 Å². The first-order chi connectivity index (χ1) is 18.1. The highest BCUT2D eigenvalue weighted by molar-refractivity contribution is 6.12. The van der Waals surface area contributed by atoms with Gasteiger partial charge in [-0.05, 0) is 53.8 Å². The molecule has 4 heteroatoms. The monoisotopic (exact) mass is 484 g/mol. The summed E-state index contributed by atoms with van der Waals surface area (Å²) in [5.74, 6) is -0.151. The van der Waals surface area contributed by atoms with Gasteiger partial charge in [0, 0.05) is 23.4 Å². The predicted molar refractivity (Wildman–Crippen MR) is 149 cm³/mol. The zero-order valence-electron chi connectivity index (χ0n) is 20.8. The van der Waals surface area contributed by atoms with Crippen LogP contribution in [0.3, 0.4) is 0 Å². The number of rotatable bonds is 5. The largest absolute Gasteiger partial charge is 0.356 e. The molecule has 2 aliphatic rings. The van der Waals surface area contributed by atoms with E-state index in [0.29, 0.717) is 5.56 Å². The molecule has 1 amide bonds. The maximum atomic E-state index is 14.4. The van der Waals surface area contributed by atoms with E-state index in [1.54, 1.807) is 4.90 Å². The van der Waals surface area contributed by atoms with Gasteiger partial charge in [-0.15, -0.1) is 0 Å². The SMILES string of the molecule is Cc1ccccc1C(=O)CN1C(=O)C(N2CCc3ccccc32)C=C(c2ccccc2)c2ccccc21. The summed E-state index contributed by atoms with van der Waals surface area (Å²) in [6.07, 6.45) is 2.99. The lowest BCUT2D eigenvalue weighted by atomic mass is 9.95. The molecule has 1 atom stereocenters. The van der Waals surface area contributed by atoms with E-state index in [9.17, 15) is 9.59 Å². The fourth-order valence-corrected chi connectivity index (χ4v) is 5.56. The second kappa shape index (κ2) is 9.55. The van der Waals surface area contributed by atoms with Crippen LogP contribution in [-0.4, -0.2) is 30.8 Å². The molecule has 182 valence electrons. The Morgan fingerprint density at radius 1 is 0.811 bits per heavy atom. The van der Waals surface area contributed by atoms with Crippen molar-refractivity contribution in [2.45, 2.75) is 19.4 Å². The van der Waals surface area contributed by atoms with Crippen molar-refractivity contribution in [3.8, 4) is 0 Å². The number of carbonyl (C=O) groups excluding carboxylic acids is 2. The van der Waals surface area contributed by atoms with E-state index < -0.39 is 6.04 Å². The van der Waals surface area contributed by atoms with Crippen LogP contribution >= 0.6 is 0 Å². The molecule has 0 bridgehead atoms. The van der Waals surface area contributed by atoms with Crippen molar-refractivity contribution in [1.29, 1.82) is 0 Å². The van der Waals surface area contributed by atoms with Gasteiger partial charge in [0.25, 0.3) is 5.91 Å². The number of hydrogen-bond acceptors (Lipinski definition) is 3. The van der Waals surface area contributed by atoms with E-state index in [-0.39, 0.29) is 18.2 Å². The Morgan fingerprint density at radius 3 is 2.30 bits per heavy atom. The summed E-state index contributed by atoms with van der Waals surface area (Å²) >= 11 is 0. The first-order valence-electron chi connectivity index (χ1n) is 12.7. The van der Waals surface area contributed by atoms with E-state index in [2.05, 4.69) is 35.2 Å². The average molecular weight is 485 g/mol. The summed E-state index contributed by atoms with van der Waals surface area (Å²) in [5, 5.41) is 0.